The van der Waals surface area contributed by atoms with E-state index in [0.717, 1.165) is 11.1 Å². The van der Waals surface area contributed by atoms with Gasteiger partial charge >= 0.3 is 0 Å². The summed E-state index contributed by atoms with van der Waals surface area (Å²) in [5.74, 6) is 1.87. The van der Waals surface area contributed by atoms with E-state index in [0.29, 0.717) is 45.5 Å². The molecule has 0 aromatic heterocycles. The van der Waals surface area contributed by atoms with Crippen LogP contribution in [0.2, 0.25) is 0 Å². The Labute approximate surface area is 185 Å². The zero-order valence-electron chi connectivity index (χ0n) is 16.9. The second-order valence-corrected chi connectivity index (χ2v) is 6.96. The molecule has 0 atom stereocenters. The molecule has 0 aliphatic carbocycles. The molecule has 0 aliphatic heterocycles. The lowest BCUT2D eigenvalue weighted by Gasteiger charge is -2.15. The molecule has 0 fully saturated rings. The fourth-order valence-corrected chi connectivity index (χ4v) is 3.20. The van der Waals surface area contributed by atoms with Crippen LogP contribution in [-0.4, -0.2) is 0 Å². The number of rotatable bonds is 5. The van der Waals surface area contributed by atoms with E-state index in [4.69, 9.17) is 20.9 Å². The third-order valence-corrected chi connectivity index (χ3v) is 4.73. The maximum atomic E-state index is 9.44. The Morgan fingerprint density at radius 1 is 0.594 bits per heavy atom. The van der Waals surface area contributed by atoms with E-state index in [2.05, 4.69) is 12.1 Å². The molecule has 4 aromatic carbocycles. The van der Waals surface area contributed by atoms with Crippen LogP contribution >= 0.6 is 0 Å². The fourth-order valence-electron chi connectivity index (χ4n) is 3.20. The van der Waals surface area contributed by atoms with Crippen LogP contribution in [0.5, 0.6) is 23.0 Å². The Balaban J connectivity index is 1.76. The number of anilines is 2. The van der Waals surface area contributed by atoms with Gasteiger partial charge in [-0.25, -0.2) is 0 Å². The molecule has 0 heterocycles. The summed E-state index contributed by atoms with van der Waals surface area (Å²) in [6.45, 7) is 0. The van der Waals surface area contributed by atoms with Crippen LogP contribution in [0.15, 0.2) is 84.9 Å². The molecule has 0 saturated carbocycles. The van der Waals surface area contributed by atoms with E-state index < -0.39 is 0 Å². The van der Waals surface area contributed by atoms with Crippen molar-refractivity contribution in [2.24, 2.45) is 0 Å². The summed E-state index contributed by atoms with van der Waals surface area (Å²) in [5.41, 5.74) is 14.9. The molecule has 0 amide bonds. The van der Waals surface area contributed by atoms with Gasteiger partial charge in [-0.1, -0.05) is 30.3 Å². The summed E-state index contributed by atoms with van der Waals surface area (Å²) in [6.07, 6.45) is 0. The molecule has 4 aromatic rings. The Kier molecular flexibility index (Phi) is 5.61. The first-order valence-electron chi connectivity index (χ1n) is 9.72. The molecule has 154 valence electrons. The molecule has 4 rings (SSSR count). The first-order chi connectivity index (χ1) is 15.6. The average Bonchev–Trinajstić information content (AvgIpc) is 2.82. The van der Waals surface area contributed by atoms with Crippen molar-refractivity contribution < 1.29 is 9.47 Å². The molecule has 0 radical (unpaired) electrons. The van der Waals surface area contributed by atoms with Gasteiger partial charge in [-0.15, -0.1) is 0 Å². The second kappa shape index (κ2) is 8.83. The van der Waals surface area contributed by atoms with Crippen molar-refractivity contribution in [2.45, 2.75) is 0 Å². The summed E-state index contributed by atoms with van der Waals surface area (Å²) < 4.78 is 12.1. The highest BCUT2D eigenvalue weighted by molar-refractivity contribution is 5.73. The molecular weight excluding hydrogens is 400 g/mol. The maximum Gasteiger partial charge on any atom is 0.145 e. The van der Waals surface area contributed by atoms with E-state index >= 15 is 0 Å². The monoisotopic (exact) mass is 418 g/mol. The van der Waals surface area contributed by atoms with Gasteiger partial charge < -0.3 is 20.9 Å². The highest BCUT2D eigenvalue weighted by Gasteiger charge is 2.14. The molecule has 4 N–H and O–H groups in total. The summed E-state index contributed by atoms with van der Waals surface area (Å²) >= 11 is 0. The third kappa shape index (κ3) is 4.30. The quantitative estimate of drug-likeness (QED) is 0.393. The smallest absolute Gasteiger partial charge is 0.145 e. The molecule has 0 saturated heterocycles. The van der Waals surface area contributed by atoms with Crippen LogP contribution in [0, 0.1) is 22.7 Å². The number of benzene rings is 4. The highest BCUT2D eigenvalue weighted by Crippen LogP contribution is 2.39. The fraction of sp³-hybridized carbons (Fsp3) is 0. The first kappa shape index (κ1) is 20.3. The predicted molar refractivity (Wildman–Crippen MR) is 123 cm³/mol. The van der Waals surface area contributed by atoms with Crippen LogP contribution in [-0.2, 0) is 0 Å². The van der Waals surface area contributed by atoms with Crippen molar-refractivity contribution in [1.29, 1.82) is 10.5 Å². The van der Waals surface area contributed by atoms with Crippen molar-refractivity contribution >= 4 is 11.4 Å². The van der Waals surface area contributed by atoms with Crippen molar-refractivity contribution in [1.82, 2.24) is 0 Å². The Bertz CT molecular complexity index is 1370. The number of ether oxygens (including phenoxy) is 2. The third-order valence-electron chi connectivity index (χ3n) is 4.73. The van der Waals surface area contributed by atoms with Gasteiger partial charge in [0.2, 0.25) is 0 Å². The largest absolute Gasteiger partial charge is 0.456 e. The SMILES string of the molecule is N#Cc1cc(N)ccc1Oc1ccc(Oc2ccc(N)cc2C#N)c(-c2ccccc2)c1. The van der Waals surface area contributed by atoms with Gasteiger partial charge in [-0.05, 0) is 60.2 Å². The molecule has 0 spiro atoms. The van der Waals surface area contributed by atoms with Crippen molar-refractivity contribution in [3.8, 4) is 46.3 Å². The lowest BCUT2D eigenvalue weighted by atomic mass is 10.0. The van der Waals surface area contributed by atoms with Crippen LogP contribution in [0.4, 0.5) is 11.4 Å². The summed E-state index contributed by atoms with van der Waals surface area (Å²) in [7, 11) is 0. The summed E-state index contributed by atoms with van der Waals surface area (Å²) in [4.78, 5) is 0. The van der Waals surface area contributed by atoms with Crippen LogP contribution < -0.4 is 20.9 Å². The molecule has 32 heavy (non-hydrogen) atoms. The van der Waals surface area contributed by atoms with E-state index in [1.54, 1.807) is 48.5 Å². The Morgan fingerprint density at radius 2 is 1.16 bits per heavy atom. The van der Waals surface area contributed by atoms with Gasteiger partial charge in [0.25, 0.3) is 0 Å². The normalized spacial score (nSPS) is 10.1. The maximum absolute atomic E-state index is 9.44. The molecular formula is C26H18N4O2. The predicted octanol–water partition coefficient (Wildman–Crippen LogP) is 5.85. The van der Waals surface area contributed by atoms with Gasteiger partial charge in [0.15, 0.2) is 0 Å². The van der Waals surface area contributed by atoms with Gasteiger partial charge in [0, 0.05) is 16.9 Å². The summed E-state index contributed by atoms with van der Waals surface area (Å²) in [5, 5.41) is 18.8. The average molecular weight is 418 g/mol. The van der Waals surface area contributed by atoms with Gasteiger partial charge in [0.1, 0.15) is 35.1 Å². The Hall–Kier alpha value is -4.94. The van der Waals surface area contributed by atoms with E-state index in [-0.39, 0.29) is 0 Å². The second-order valence-electron chi connectivity index (χ2n) is 6.96. The van der Waals surface area contributed by atoms with Crippen LogP contribution in [0.25, 0.3) is 11.1 Å². The Morgan fingerprint density at radius 3 is 1.75 bits per heavy atom. The van der Waals surface area contributed by atoms with E-state index in [9.17, 15) is 10.5 Å². The van der Waals surface area contributed by atoms with Gasteiger partial charge in [-0.3, -0.25) is 0 Å². The first-order valence-corrected chi connectivity index (χ1v) is 9.72. The number of nitrogens with zero attached hydrogens (tertiary/aromatic N) is 2. The molecule has 0 aliphatic rings. The number of hydrogen-bond donors (Lipinski definition) is 2. The van der Waals surface area contributed by atoms with Crippen molar-refractivity contribution in [3.05, 3.63) is 96.1 Å². The van der Waals surface area contributed by atoms with Gasteiger partial charge in [0.05, 0.1) is 11.1 Å². The highest BCUT2D eigenvalue weighted by atomic mass is 16.5. The minimum Gasteiger partial charge on any atom is -0.456 e. The topological polar surface area (TPSA) is 118 Å². The molecule has 0 unspecified atom stereocenters. The zero-order chi connectivity index (χ0) is 22.5. The lowest BCUT2D eigenvalue weighted by molar-refractivity contribution is 0.469. The number of nitrogen functional groups attached to an aromatic ring is 2. The minimum atomic E-state index is 0.338. The standard InChI is InChI=1S/C26H18N4O2/c27-15-18-12-20(29)6-9-24(18)31-22-8-11-26(23(14-22)17-4-2-1-3-5-17)32-25-10-7-21(30)13-19(25)16-28/h1-14H,29-30H2. The van der Waals surface area contributed by atoms with Crippen molar-refractivity contribution in [3.63, 3.8) is 0 Å². The summed E-state index contributed by atoms with van der Waals surface area (Å²) in [6, 6.07) is 29.0. The lowest BCUT2D eigenvalue weighted by Crippen LogP contribution is -1.95. The van der Waals surface area contributed by atoms with Crippen LogP contribution in [0.1, 0.15) is 11.1 Å². The number of nitrogens with two attached hydrogens (primary N) is 2. The number of hydrogen-bond acceptors (Lipinski definition) is 6. The van der Waals surface area contributed by atoms with Gasteiger partial charge in [-0.2, -0.15) is 10.5 Å². The van der Waals surface area contributed by atoms with E-state index in [1.165, 1.54) is 0 Å². The van der Waals surface area contributed by atoms with Crippen LogP contribution in [0.3, 0.4) is 0 Å². The molecule has 6 heteroatoms. The number of nitriles is 2. The molecule has 6 nitrogen and oxygen atoms in total. The van der Waals surface area contributed by atoms with Crippen molar-refractivity contribution in [2.75, 3.05) is 11.5 Å². The van der Waals surface area contributed by atoms with E-state index in [1.807, 2.05) is 36.4 Å². The zero-order valence-corrected chi connectivity index (χ0v) is 16.9. The minimum absolute atomic E-state index is 0.338. The molecule has 0 bridgehead atoms.